The van der Waals surface area contributed by atoms with Crippen LogP contribution in [-0.2, 0) is 17.9 Å². The summed E-state index contributed by atoms with van der Waals surface area (Å²) in [7, 11) is 2.13. The van der Waals surface area contributed by atoms with Crippen molar-refractivity contribution in [1.82, 2.24) is 9.88 Å². The van der Waals surface area contributed by atoms with Crippen LogP contribution in [0.5, 0.6) is 0 Å². The predicted molar refractivity (Wildman–Crippen MR) is 173 cm³/mol. The Kier molecular flexibility index (Phi) is 12.9. The highest BCUT2D eigenvalue weighted by Crippen LogP contribution is 2.33. The monoisotopic (exact) mass is 569 g/mol. The summed E-state index contributed by atoms with van der Waals surface area (Å²) in [5, 5.41) is 12.3. The topological polar surface area (TPSA) is 56.7 Å². The molecule has 3 aromatic rings. The summed E-state index contributed by atoms with van der Waals surface area (Å²) in [6.07, 6.45) is 20.8. The summed E-state index contributed by atoms with van der Waals surface area (Å²) in [6.45, 7) is 5.95. The quantitative estimate of drug-likeness (QED) is 0.176. The number of aromatic nitrogens is 1. The first-order chi connectivity index (χ1) is 19.9. The molecule has 5 nitrogen and oxygen atoms in total. The van der Waals surface area contributed by atoms with E-state index in [2.05, 4.69) is 78.7 Å². The fourth-order valence-electron chi connectivity index (χ4n) is 5.32. The van der Waals surface area contributed by atoms with Crippen LogP contribution in [0.4, 0.5) is 5.69 Å². The maximum atomic E-state index is 11.4. The number of benzene rings is 2. The summed E-state index contributed by atoms with van der Waals surface area (Å²) in [5.74, 6) is -0.0841. The fraction of sp³-hybridized carbons (Fsp3) is 0.371. The van der Waals surface area contributed by atoms with Crippen molar-refractivity contribution in [3.63, 3.8) is 0 Å². The van der Waals surface area contributed by atoms with E-state index in [1.807, 2.05) is 37.0 Å². The highest BCUT2D eigenvalue weighted by molar-refractivity contribution is 7.09. The molecule has 1 heterocycles. The molecule has 0 radical (unpaired) electrons. The molecule has 216 valence electrons. The lowest BCUT2D eigenvalue weighted by atomic mass is 9.84. The van der Waals surface area contributed by atoms with E-state index >= 15 is 0 Å². The molecule has 41 heavy (non-hydrogen) atoms. The lowest BCUT2D eigenvalue weighted by Gasteiger charge is -2.23. The number of hydrogen-bond donors (Lipinski definition) is 1. The van der Waals surface area contributed by atoms with Gasteiger partial charge >= 0.3 is 5.97 Å². The van der Waals surface area contributed by atoms with Gasteiger partial charge in [0.05, 0.1) is 18.8 Å². The minimum Gasteiger partial charge on any atom is -0.480 e. The summed E-state index contributed by atoms with van der Waals surface area (Å²) in [4.78, 5) is 20.4. The molecule has 1 aliphatic rings. The fourth-order valence-corrected chi connectivity index (χ4v) is 6.16. The smallest absolute Gasteiger partial charge is 0.317 e. The average Bonchev–Trinajstić information content (AvgIpc) is 3.46. The molecular weight excluding hydrogens is 526 g/mol. The minimum absolute atomic E-state index is 0.0136. The van der Waals surface area contributed by atoms with E-state index in [4.69, 9.17) is 4.98 Å². The van der Waals surface area contributed by atoms with Crippen molar-refractivity contribution in [2.75, 3.05) is 25.0 Å². The third kappa shape index (κ3) is 10.0. The van der Waals surface area contributed by atoms with Crippen LogP contribution >= 0.6 is 11.3 Å². The van der Waals surface area contributed by atoms with Crippen LogP contribution in [-0.4, -0.2) is 41.1 Å². The van der Waals surface area contributed by atoms with Gasteiger partial charge in [-0.15, -0.1) is 24.2 Å². The molecule has 1 fully saturated rings. The summed E-state index contributed by atoms with van der Waals surface area (Å²) < 4.78 is 0. The minimum atomic E-state index is -0.828. The number of nitrogens with zero attached hydrogens (tertiary/aromatic N) is 3. The second-order valence-electron chi connectivity index (χ2n) is 10.7. The lowest BCUT2D eigenvalue weighted by molar-refractivity contribution is -0.138. The second-order valence-corrected chi connectivity index (χ2v) is 11.6. The van der Waals surface area contributed by atoms with E-state index in [0.717, 1.165) is 34.3 Å². The molecule has 4 rings (SSSR count). The molecule has 0 unspecified atom stereocenters. The summed E-state index contributed by atoms with van der Waals surface area (Å²) >= 11 is 1.58. The Labute approximate surface area is 250 Å². The Morgan fingerprint density at radius 1 is 1.02 bits per heavy atom. The first-order valence-electron chi connectivity index (χ1n) is 14.3. The van der Waals surface area contributed by atoms with Crippen LogP contribution in [0, 0.1) is 12.8 Å². The zero-order valence-electron chi connectivity index (χ0n) is 24.6. The van der Waals surface area contributed by atoms with Crippen LogP contribution in [0.25, 0.3) is 11.3 Å². The Morgan fingerprint density at radius 3 is 2.34 bits per heavy atom. The van der Waals surface area contributed by atoms with Crippen molar-refractivity contribution in [2.45, 2.75) is 65.0 Å². The molecule has 0 amide bonds. The second kappa shape index (κ2) is 16.6. The number of carbonyl (C=O) groups is 1. The number of allylic oxidation sites excluding steroid dienone is 3. The Hall–Kier alpha value is -3.66. The molecule has 0 saturated heterocycles. The third-order valence-corrected chi connectivity index (χ3v) is 8.23. The van der Waals surface area contributed by atoms with E-state index in [-0.39, 0.29) is 6.54 Å². The van der Waals surface area contributed by atoms with Gasteiger partial charge < -0.3 is 10.0 Å². The maximum Gasteiger partial charge on any atom is 0.317 e. The highest BCUT2D eigenvalue weighted by atomic mass is 32.1. The van der Waals surface area contributed by atoms with Gasteiger partial charge in [-0.2, -0.15) is 0 Å². The Bertz CT molecular complexity index is 1300. The Morgan fingerprint density at radius 2 is 1.71 bits per heavy atom. The van der Waals surface area contributed by atoms with Gasteiger partial charge in [0.15, 0.2) is 0 Å². The van der Waals surface area contributed by atoms with E-state index in [9.17, 15) is 9.90 Å². The van der Waals surface area contributed by atoms with Gasteiger partial charge in [0.1, 0.15) is 5.01 Å². The molecule has 0 bridgehead atoms. The van der Waals surface area contributed by atoms with Gasteiger partial charge in [-0.05, 0) is 55.9 Å². The lowest BCUT2D eigenvalue weighted by Crippen LogP contribution is -2.30. The molecule has 0 spiro atoms. The third-order valence-electron chi connectivity index (χ3n) is 7.40. The van der Waals surface area contributed by atoms with Gasteiger partial charge in [0.2, 0.25) is 0 Å². The number of thiazole rings is 1. The normalized spacial score (nSPS) is 14.1. The number of rotatable bonds is 12. The van der Waals surface area contributed by atoms with E-state index in [0.29, 0.717) is 13.1 Å². The SMILES string of the molecule is C#C.C/C=C\C=C(/C)CN(CC(=O)O)Cc1nc(-c2ccc(N(C)Cc3ccc(C4CCCCC4)cc3)cc2)cs1. The molecular formula is C35H43N3O2S. The van der Waals surface area contributed by atoms with Crippen molar-refractivity contribution in [1.29, 1.82) is 0 Å². The van der Waals surface area contributed by atoms with Gasteiger partial charge in [-0.1, -0.05) is 79.5 Å². The molecule has 1 aromatic heterocycles. The van der Waals surface area contributed by atoms with Gasteiger partial charge in [-0.3, -0.25) is 9.69 Å². The van der Waals surface area contributed by atoms with E-state index < -0.39 is 5.97 Å². The van der Waals surface area contributed by atoms with Crippen LogP contribution < -0.4 is 4.90 Å². The predicted octanol–water partition coefficient (Wildman–Crippen LogP) is 8.15. The zero-order valence-corrected chi connectivity index (χ0v) is 25.4. The molecule has 2 aromatic carbocycles. The highest BCUT2D eigenvalue weighted by Gasteiger charge is 2.16. The largest absolute Gasteiger partial charge is 0.480 e. The van der Waals surface area contributed by atoms with Crippen LogP contribution in [0.1, 0.15) is 68.0 Å². The average molecular weight is 570 g/mol. The molecule has 1 saturated carbocycles. The molecule has 1 N–H and O–H groups in total. The van der Waals surface area contributed by atoms with E-state index in [1.54, 1.807) is 11.3 Å². The molecule has 0 atom stereocenters. The van der Waals surface area contributed by atoms with Crippen LogP contribution in [0.2, 0.25) is 0 Å². The number of terminal acetylenes is 1. The summed E-state index contributed by atoms with van der Waals surface area (Å²) in [5.41, 5.74) is 7.11. The van der Waals surface area contributed by atoms with Gasteiger partial charge in [0.25, 0.3) is 0 Å². The number of carboxylic acids is 1. The first kappa shape index (κ1) is 31.9. The van der Waals surface area contributed by atoms with Crippen molar-refractivity contribution in [2.24, 2.45) is 0 Å². The zero-order chi connectivity index (χ0) is 29.6. The van der Waals surface area contributed by atoms with Crippen LogP contribution in [0.15, 0.2) is 77.7 Å². The maximum absolute atomic E-state index is 11.4. The van der Waals surface area contributed by atoms with Gasteiger partial charge in [0, 0.05) is 36.8 Å². The van der Waals surface area contributed by atoms with Crippen molar-refractivity contribution in [3.8, 4) is 24.1 Å². The summed E-state index contributed by atoms with van der Waals surface area (Å²) in [6, 6.07) is 17.8. The first-order valence-corrected chi connectivity index (χ1v) is 15.2. The van der Waals surface area contributed by atoms with Crippen molar-refractivity contribution >= 4 is 23.0 Å². The van der Waals surface area contributed by atoms with Crippen molar-refractivity contribution in [3.05, 3.63) is 93.8 Å². The van der Waals surface area contributed by atoms with E-state index in [1.165, 1.54) is 48.9 Å². The molecule has 6 heteroatoms. The van der Waals surface area contributed by atoms with Crippen LogP contribution in [0.3, 0.4) is 0 Å². The Balaban J connectivity index is 0.00000226. The van der Waals surface area contributed by atoms with Gasteiger partial charge in [-0.25, -0.2) is 4.98 Å². The van der Waals surface area contributed by atoms with Crippen molar-refractivity contribution < 1.29 is 9.90 Å². The number of hydrogen-bond acceptors (Lipinski definition) is 5. The number of anilines is 1. The number of carboxylic acid groups (broad SMARTS) is 1. The molecule has 0 aliphatic heterocycles. The molecule has 1 aliphatic carbocycles. The number of aliphatic carboxylic acids is 1. The standard InChI is InChI=1S/C33H41N3O2S.C2H2/c1-4-5-9-25(2)20-36(23-33(37)38)22-32-34-31(24-39-32)29-16-18-30(19-17-29)35(3)21-26-12-14-28(15-13-26)27-10-7-6-8-11-27;1-2/h4-5,9,12-19,24,27H,6-8,10-11,20-23H2,1-3H3,(H,37,38);1-2H/b5-4-,25-9+;.